The maximum absolute atomic E-state index is 11.5. The second kappa shape index (κ2) is 8.75. The van der Waals surface area contributed by atoms with Crippen LogP contribution >= 0.6 is 0 Å². The maximum Gasteiger partial charge on any atom is 0.329 e. The number of nitrogens with zero attached hydrogens (tertiary/aromatic N) is 2. The van der Waals surface area contributed by atoms with Crippen molar-refractivity contribution in [2.24, 2.45) is 5.10 Å². The lowest BCUT2D eigenvalue weighted by molar-refractivity contribution is -0.139. The number of amides is 2. The number of nitriles is 1. The number of carbonyl (C=O) groups is 2. The number of ether oxygens (including phenoxy) is 1. The molecule has 24 heavy (non-hydrogen) atoms. The van der Waals surface area contributed by atoms with Crippen molar-refractivity contribution in [1.82, 2.24) is 10.7 Å². The van der Waals surface area contributed by atoms with Crippen LogP contribution in [0.5, 0.6) is 5.75 Å². The first kappa shape index (κ1) is 16.8. The van der Waals surface area contributed by atoms with Crippen molar-refractivity contribution < 1.29 is 18.7 Å². The van der Waals surface area contributed by atoms with E-state index in [0.717, 1.165) is 0 Å². The van der Waals surface area contributed by atoms with Crippen molar-refractivity contribution in [3.8, 4) is 11.8 Å². The third-order valence-corrected chi connectivity index (χ3v) is 2.77. The molecule has 0 radical (unpaired) electrons. The summed E-state index contributed by atoms with van der Waals surface area (Å²) in [6.45, 7) is 0.0870. The molecule has 122 valence electrons. The number of hydrogen-bond acceptors (Lipinski definition) is 6. The Balaban J connectivity index is 1.76. The van der Waals surface area contributed by atoms with Gasteiger partial charge in [0, 0.05) is 0 Å². The second-order valence-corrected chi connectivity index (χ2v) is 4.48. The van der Waals surface area contributed by atoms with Gasteiger partial charge in [0.2, 0.25) is 0 Å². The second-order valence-electron chi connectivity index (χ2n) is 4.48. The highest BCUT2D eigenvalue weighted by Gasteiger charge is 2.12. The monoisotopic (exact) mass is 326 g/mol. The van der Waals surface area contributed by atoms with Gasteiger partial charge in [-0.15, -0.1) is 0 Å². The largest absolute Gasteiger partial charge is 0.479 e. The quantitative estimate of drug-likeness (QED) is 0.465. The number of rotatable bonds is 6. The van der Waals surface area contributed by atoms with Crippen molar-refractivity contribution in [3.05, 3.63) is 54.0 Å². The van der Waals surface area contributed by atoms with Gasteiger partial charge >= 0.3 is 11.8 Å². The van der Waals surface area contributed by atoms with Crippen molar-refractivity contribution in [2.75, 3.05) is 6.61 Å². The van der Waals surface area contributed by atoms with E-state index in [9.17, 15) is 9.59 Å². The maximum atomic E-state index is 11.5. The van der Waals surface area contributed by atoms with Crippen LogP contribution in [0.4, 0.5) is 0 Å². The SMILES string of the molecule is N#CCOc1ccc(/C=N\NC(=O)C(=O)NCc2ccco2)cc1. The summed E-state index contributed by atoms with van der Waals surface area (Å²) in [5, 5.41) is 14.5. The third-order valence-electron chi connectivity index (χ3n) is 2.77. The fraction of sp³-hybridized carbons (Fsp3) is 0.125. The van der Waals surface area contributed by atoms with Crippen molar-refractivity contribution in [3.63, 3.8) is 0 Å². The van der Waals surface area contributed by atoms with E-state index in [2.05, 4.69) is 15.8 Å². The zero-order chi connectivity index (χ0) is 17.2. The summed E-state index contributed by atoms with van der Waals surface area (Å²) in [5.74, 6) is -0.607. The number of nitrogens with one attached hydrogen (secondary N) is 2. The Hall–Kier alpha value is -3.60. The summed E-state index contributed by atoms with van der Waals surface area (Å²) in [6, 6.07) is 11.9. The lowest BCUT2D eigenvalue weighted by Crippen LogP contribution is -2.37. The number of carbonyl (C=O) groups excluding carboxylic acids is 2. The number of furan rings is 1. The predicted octanol–water partition coefficient (Wildman–Crippen LogP) is 0.948. The molecule has 1 aromatic heterocycles. The van der Waals surface area contributed by atoms with Gasteiger partial charge in [-0.2, -0.15) is 10.4 Å². The van der Waals surface area contributed by atoms with Gasteiger partial charge in [0.25, 0.3) is 0 Å². The Labute approximate surface area is 137 Å². The van der Waals surface area contributed by atoms with Gasteiger partial charge < -0.3 is 14.5 Å². The van der Waals surface area contributed by atoms with E-state index in [1.54, 1.807) is 36.4 Å². The molecule has 1 aromatic carbocycles. The van der Waals surface area contributed by atoms with Gasteiger partial charge in [-0.3, -0.25) is 9.59 Å². The van der Waals surface area contributed by atoms with Crippen molar-refractivity contribution in [2.45, 2.75) is 6.54 Å². The summed E-state index contributed by atoms with van der Waals surface area (Å²) in [4.78, 5) is 23.1. The molecule has 0 saturated heterocycles. The van der Waals surface area contributed by atoms with E-state index in [1.807, 2.05) is 6.07 Å². The minimum Gasteiger partial charge on any atom is -0.479 e. The van der Waals surface area contributed by atoms with Crippen LogP contribution in [0.2, 0.25) is 0 Å². The minimum atomic E-state index is -0.883. The molecule has 2 amide bonds. The molecule has 0 unspecified atom stereocenters. The van der Waals surface area contributed by atoms with Gasteiger partial charge in [-0.1, -0.05) is 0 Å². The highest BCUT2D eigenvalue weighted by molar-refractivity contribution is 6.35. The normalized spacial score (nSPS) is 10.1. The number of hydrogen-bond donors (Lipinski definition) is 2. The molecule has 0 aliphatic carbocycles. The average molecular weight is 326 g/mol. The van der Waals surface area contributed by atoms with Crippen LogP contribution in [0.15, 0.2) is 52.2 Å². The molecular formula is C16H14N4O4. The smallest absolute Gasteiger partial charge is 0.329 e. The molecule has 2 aromatic rings. The van der Waals surface area contributed by atoms with Gasteiger partial charge in [0.15, 0.2) is 6.61 Å². The molecule has 0 aliphatic rings. The van der Waals surface area contributed by atoms with Gasteiger partial charge in [0.05, 0.1) is 19.0 Å². The molecule has 0 aliphatic heterocycles. The molecule has 2 rings (SSSR count). The van der Waals surface area contributed by atoms with Gasteiger partial charge in [0.1, 0.15) is 17.6 Å². The fourth-order valence-electron chi connectivity index (χ4n) is 1.64. The third kappa shape index (κ3) is 5.31. The van der Waals surface area contributed by atoms with E-state index < -0.39 is 11.8 Å². The molecule has 1 heterocycles. The van der Waals surface area contributed by atoms with Crippen LogP contribution in [0.25, 0.3) is 0 Å². The van der Waals surface area contributed by atoms with Crippen molar-refractivity contribution >= 4 is 18.0 Å². The molecule has 0 atom stereocenters. The van der Waals surface area contributed by atoms with Crippen LogP contribution in [0, 0.1) is 11.3 Å². The average Bonchev–Trinajstić information content (AvgIpc) is 3.12. The van der Waals surface area contributed by atoms with Crippen LogP contribution in [0.3, 0.4) is 0 Å². The lowest BCUT2D eigenvalue weighted by atomic mass is 10.2. The van der Waals surface area contributed by atoms with E-state index in [-0.39, 0.29) is 13.2 Å². The molecule has 2 N–H and O–H groups in total. The van der Waals surface area contributed by atoms with E-state index >= 15 is 0 Å². The first-order valence-electron chi connectivity index (χ1n) is 6.92. The zero-order valence-corrected chi connectivity index (χ0v) is 12.6. The Morgan fingerprint density at radius 1 is 1.25 bits per heavy atom. The Kier molecular flexibility index (Phi) is 6.11. The number of hydrazone groups is 1. The van der Waals surface area contributed by atoms with E-state index in [4.69, 9.17) is 14.4 Å². The number of benzene rings is 1. The lowest BCUT2D eigenvalue weighted by Gasteiger charge is -2.02. The molecule has 0 bridgehead atoms. The summed E-state index contributed by atoms with van der Waals surface area (Å²) in [6.07, 6.45) is 2.86. The molecule has 8 heteroatoms. The van der Waals surface area contributed by atoms with Crippen LogP contribution in [0.1, 0.15) is 11.3 Å². The molecule has 0 fully saturated rings. The molecule has 0 saturated carbocycles. The van der Waals surface area contributed by atoms with Crippen LogP contribution in [-0.4, -0.2) is 24.6 Å². The Bertz CT molecular complexity index is 745. The zero-order valence-electron chi connectivity index (χ0n) is 12.6. The summed E-state index contributed by atoms with van der Waals surface area (Å²) >= 11 is 0. The Morgan fingerprint density at radius 3 is 2.71 bits per heavy atom. The molecule has 0 spiro atoms. The first-order chi connectivity index (χ1) is 11.7. The molecular weight excluding hydrogens is 312 g/mol. The first-order valence-corrected chi connectivity index (χ1v) is 6.92. The van der Waals surface area contributed by atoms with Crippen LogP contribution < -0.4 is 15.5 Å². The summed E-state index contributed by atoms with van der Waals surface area (Å²) in [5.41, 5.74) is 2.81. The highest BCUT2D eigenvalue weighted by Crippen LogP contribution is 2.10. The predicted molar refractivity (Wildman–Crippen MR) is 83.8 cm³/mol. The van der Waals surface area contributed by atoms with E-state index in [0.29, 0.717) is 17.1 Å². The van der Waals surface area contributed by atoms with E-state index in [1.165, 1.54) is 12.5 Å². The minimum absolute atomic E-state index is 0.0311. The topological polar surface area (TPSA) is 117 Å². The van der Waals surface area contributed by atoms with Crippen LogP contribution in [-0.2, 0) is 16.1 Å². The Morgan fingerprint density at radius 2 is 2.04 bits per heavy atom. The van der Waals surface area contributed by atoms with Crippen molar-refractivity contribution in [1.29, 1.82) is 5.26 Å². The summed E-state index contributed by atoms with van der Waals surface area (Å²) in [7, 11) is 0. The van der Waals surface area contributed by atoms with Gasteiger partial charge in [-0.05, 0) is 42.0 Å². The summed E-state index contributed by atoms with van der Waals surface area (Å²) < 4.78 is 10.1. The highest BCUT2D eigenvalue weighted by atomic mass is 16.5. The standard InChI is InChI=1S/C16H14N4O4/c17-7-9-24-13-5-3-12(4-6-13)10-19-20-16(22)15(21)18-11-14-2-1-8-23-14/h1-6,8,10H,9,11H2,(H,18,21)(H,20,22)/b19-10-. The van der Waals surface area contributed by atoms with Gasteiger partial charge in [-0.25, -0.2) is 5.43 Å². The molecule has 8 nitrogen and oxygen atoms in total. The fourth-order valence-corrected chi connectivity index (χ4v) is 1.64.